The van der Waals surface area contributed by atoms with Crippen LogP contribution in [0.25, 0.3) is 0 Å². The standard InChI is InChI=1S/C33H29N3O5/c1-36(2)31(38)27-28(23-11-7-4-8-12-23)33(24-15-13-21(18-34)14-16-24)32(39,30(27)37)29-26(41-33)17-25(19-35-29)40-20-22-9-5-3-6-10-22/h3-17,19,27-28,30,37,39H,20H2,1-2H3. The van der Waals surface area contributed by atoms with Gasteiger partial charge in [0.2, 0.25) is 5.91 Å². The molecule has 1 aliphatic carbocycles. The quantitative estimate of drug-likeness (QED) is 0.377. The fraction of sp³-hybridized carbons (Fsp3) is 0.242. The van der Waals surface area contributed by atoms with Crippen LogP contribution in [0, 0.1) is 17.2 Å². The van der Waals surface area contributed by atoms with Gasteiger partial charge < -0.3 is 24.6 Å². The van der Waals surface area contributed by atoms with Gasteiger partial charge in [-0.15, -0.1) is 0 Å². The van der Waals surface area contributed by atoms with E-state index >= 15 is 0 Å². The highest BCUT2D eigenvalue weighted by Crippen LogP contribution is 2.68. The van der Waals surface area contributed by atoms with Crippen LogP contribution in [0.15, 0.2) is 97.2 Å². The summed E-state index contributed by atoms with van der Waals surface area (Å²) < 4.78 is 12.8. The van der Waals surface area contributed by atoms with Crippen LogP contribution in [0.5, 0.6) is 11.5 Å². The summed E-state index contributed by atoms with van der Waals surface area (Å²) in [6, 6.07) is 29.4. The van der Waals surface area contributed by atoms with Gasteiger partial charge in [-0.25, -0.2) is 0 Å². The highest BCUT2D eigenvalue weighted by Gasteiger charge is 2.78. The van der Waals surface area contributed by atoms with Crippen molar-refractivity contribution in [3.8, 4) is 17.6 Å². The zero-order valence-electron chi connectivity index (χ0n) is 22.6. The van der Waals surface area contributed by atoms with E-state index in [1.165, 1.54) is 11.1 Å². The Balaban J connectivity index is 1.54. The minimum absolute atomic E-state index is 0.122. The molecule has 1 aromatic heterocycles. The summed E-state index contributed by atoms with van der Waals surface area (Å²) in [7, 11) is 3.24. The zero-order valence-corrected chi connectivity index (χ0v) is 22.6. The number of rotatable bonds is 6. The number of carbonyl (C=O) groups excluding carboxylic acids is 1. The third-order valence-electron chi connectivity index (χ3n) is 8.17. The molecular formula is C33H29N3O5. The number of ether oxygens (including phenoxy) is 2. The van der Waals surface area contributed by atoms with E-state index in [1.807, 2.05) is 60.7 Å². The average Bonchev–Trinajstić information content (AvgIpc) is 3.38. The van der Waals surface area contributed by atoms with Gasteiger partial charge in [-0.2, -0.15) is 5.26 Å². The van der Waals surface area contributed by atoms with E-state index < -0.39 is 29.1 Å². The first kappa shape index (κ1) is 26.5. The van der Waals surface area contributed by atoms with E-state index in [-0.39, 0.29) is 17.4 Å². The number of aliphatic hydroxyl groups excluding tert-OH is 1. The van der Waals surface area contributed by atoms with Crippen molar-refractivity contribution in [3.05, 3.63) is 125 Å². The number of fused-ring (bicyclic) bond motifs is 3. The second-order valence-corrected chi connectivity index (χ2v) is 10.7. The summed E-state index contributed by atoms with van der Waals surface area (Å²) in [6.07, 6.45) is -0.0772. The SMILES string of the molecule is CN(C)C(=O)C1C(O)C2(O)c3ncc(OCc4ccccc4)cc3OC2(c2ccc(C#N)cc2)C1c1ccccc1. The number of pyridine rings is 1. The van der Waals surface area contributed by atoms with Crippen LogP contribution in [-0.2, 0) is 22.6 Å². The molecule has 8 heteroatoms. The molecule has 2 aliphatic rings. The minimum atomic E-state index is -2.11. The number of aliphatic hydroxyl groups is 2. The van der Waals surface area contributed by atoms with E-state index in [0.29, 0.717) is 29.0 Å². The molecule has 2 heterocycles. The molecule has 8 nitrogen and oxygen atoms in total. The molecule has 0 bridgehead atoms. The molecule has 6 rings (SSSR count). The number of nitrogens with zero attached hydrogens (tertiary/aromatic N) is 3. The normalized spacial score (nSPS) is 25.9. The lowest BCUT2D eigenvalue weighted by molar-refractivity contribution is -0.157. The first-order chi connectivity index (χ1) is 19.8. The Morgan fingerprint density at radius 1 is 1.05 bits per heavy atom. The molecule has 0 radical (unpaired) electrons. The summed E-state index contributed by atoms with van der Waals surface area (Å²) in [5, 5.41) is 34.1. The van der Waals surface area contributed by atoms with E-state index in [0.717, 1.165) is 5.56 Å². The Kier molecular flexibility index (Phi) is 6.49. The fourth-order valence-electron chi connectivity index (χ4n) is 6.32. The molecule has 1 aliphatic heterocycles. The molecule has 2 N–H and O–H groups in total. The Bertz CT molecular complexity index is 1620. The fourth-order valence-corrected chi connectivity index (χ4v) is 6.32. The van der Waals surface area contributed by atoms with Gasteiger partial charge in [0.25, 0.3) is 0 Å². The van der Waals surface area contributed by atoms with Crippen molar-refractivity contribution in [2.75, 3.05) is 14.1 Å². The van der Waals surface area contributed by atoms with Crippen molar-refractivity contribution >= 4 is 5.91 Å². The van der Waals surface area contributed by atoms with E-state index in [4.69, 9.17) is 9.47 Å². The van der Waals surface area contributed by atoms with Crippen molar-refractivity contribution in [1.82, 2.24) is 9.88 Å². The van der Waals surface area contributed by atoms with Crippen LogP contribution in [0.2, 0.25) is 0 Å². The zero-order chi connectivity index (χ0) is 28.8. The number of aromatic nitrogens is 1. The lowest BCUT2D eigenvalue weighted by Gasteiger charge is -2.40. The number of amides is 1. The maximum atomic E-state index is 13.7. The average molecular weight is 548 g/mol. The van der Waals surface area contributed by atoms with Gasteiger partial charge in [-0.1, -0.05) is 72.8 Å². The number of carbonyl (C=O) groups is 1. The third kappa shape index (κ3) is 3.97. The van der Waals surface area contributed by atoms with Gasteiger partial charge in [-0.05, 0) is 28.8 Å². The van der Waals surface area contributed by atoms with Crippen molar-refractivity contribution in [2.24, 2.45) is 5.92 Å². The number of nitriles is 1. The maximum Gasteiger partial charge on any atom is 0.228 e. The maximum absolute atomic E-state index is 13.7. The third-order valence-corrected chi connectivity index (χ3v) is 8.17. The number of benzene rings is 3. The van der Waals surface area contributed by atoms with Gasteiger partial charge >= 0.3 is 0 Å². The van der Waals surface area contributed by atoms with Crippen LogP contribution < -0.4 is 9.47 Å². The second-order valence-electron chi connectivity index (χ2n) is 10.7. The van der Waals surface area contributed by atoms with Crippen molar-refractivity contribution in [3.63, 3.8) is 0 Å². The van der Waals surface area contributed by atoms with Crippen molar-refractivity contribution < 1.29 is 24.5 Å². The van der Waals surface area contributed by atoms with Crippen molar-refractivity contribution in [2.45, 2.75) is 29.8 Å². The molecule has 0 saturated heterocycles. The van der Waals surface area contributed by atoms with Crippen LogP contribution in [0.1, 0.15) is 33.9 Å². The highest BCUT2D eigenvalue weighted by molar-refractivity contribution is 5.82. The van der Waals surface area contributed by atoms with E-state index in [2.05, 4.69) is 11.1 Å². The lowest BCUT2D eigenvalue weighted by atomic mass is 9.71. The van der Waals surface area contributed by atoms with E-state index in [1.54, 1.807) is 44.4 Å². The van der Waals surface area contributed by atoms with Crippen LogP contribution in [0.3, 0.4) is 0 Å². The first-order valence-electron chi connectivity index (χ1n) is 13.3. The van der Waals surface area contributed by atoms with E-state index in [9.17, 15) is 20.3 Å². The summed E-state index contributed by atoms with van der Waals surface area (Å²) >= 11 is 0. The Morgan fingerprint density at radius 2 is 1.71 bits per heavy atom. The number of hydrogen-bond donors (Lipinski definition) is 2. The van der Waals surface area contributed by atoms with Crippen LogP contribution in [-0.4, -0.2) is 46.2 Å². The predicted molar refractivity (Wildman–Crippen MR) is 150 cm³/mol. The second kappa shape index (κ2) is 10.0. The lowest BCUT2D eigenvalue weighted by Crippen LogP contribution is -2.52. The molecule has 1 amide bonds. The summed E-state index contributed by atoms with van der Waals surface area (Å²) in [4.78, 5) is 19.7. The molecule has 1 saturated carbocycles. The number of hydrogen-bond acceptors (Lipinski definition) is 7. The Hall–Kier alpha value is -4.71. The largest absolute Gasteiger partial charge is 0.487 e. The van der Waals surface area contributed by atoms with Gasteiger partial charge in [0.05, 0.1) is 23.7 Å². The molecular weight excluding hydrogens is 518 g/mol. The molecule has 3 aromatic carbocycles. The van der Waals surface area contributed by atoms with Gasteiger partial charge in [-0.3, -0.25) is 9.78 Å². The van der Waals surface area contributed by atoms with Crippen LogP contribution in [0.4, 0.5) is 0 Å². The minimum Gasteiger partial charge on any atom is -0.487 e. The first-order valence-corrected chi connectivity index (χ1v) is 13.3. The molecule has 5 atom stereocenters. The monoisotopic (exact) mass is 547 g/mol. The Morgan fingerprint density at radius 3 is 2.34 bits per heavy atom. The molecule has 41 heavy (non-hydrogen) atoms. The molecule has 206 valence electrons. The predicted octanol–water partition coefficient (Wildman–Crippen LogP) is 3.87. The van der Waals surface area contributed by atoms with Crippen LogP contribution >= 0.6 is 0 Å². The topological polar surface area (TPSA) is 116 Å². The molecule has 4 aromatic rings. The smallest absolute Gasteiger partial charge is 0.228 e. The molecule has 0 spiro atoms. The Labute approximate surface area is 238 Å². The van der Waals surface area contributed by atoms with Gasteiger partial charge in [0.1, 0.15) is 29.9 Å². The van der Waals surface area contributed by atoms with Crippen molar-refractivity contribution in [1.29, 1.82) is 5.26 Å². The molecule has 5 unspecified atom stereocenters. The summed E-state index contributed by atoms with van der Waals surface area (Å²) in [5.74, 6) is -1.54. The van der Waals surface area contributed by atoms with Gasteiger partial charge in [0.15, 0.2) is 11.2 Å². The van der Waals surface area contributed by atoms with Gasteiger partial charge in [0, 0.05) is 26.1 Å². The summed E-state index contributed by atoms with van der Waals surface area (Å²) in [5.41, 5.74) is -1.02. The summed E-state index contributed by atoms with van der Waals surface area (Å²) in [6.45, 7) is 0.307. The highest BCUT2D eigenvalue weighted by atomic mass is 16.5. The molecule has 1 fully saturated rings.